The SMILES string of the molecule is CNC(=O)C1CN(Cc2ccc3c(c2)OCO3)CCN1C(=O)c1cccc(C(F)(F)F)c1. The van der Waals surface area contributed by atoms with Gasteiger partial charge in [0.05, 0.1) is 5.56 Å². The molecular formula is C22H22F3N3O4. The normalized spacial score (nSPS) is 18.5. The Morgan fingerprint density at radius 1 is 1.09 bits per heavy atom. The Balaban J connectivity index is 1.51. The van der Waals surface area contributed by atoms with Crippen LogP contribution in [0, 0.1) is 0 Å². The number of halogens is 3. The number of alkyl halides is 3. The van der Waals surface area contributed by atoms with Crippen LogP contribution in [-0.2, 0) is 17.5 Å². The summed E-state index contributed by atoms with van der Waals surface area (Å²) >= 11 is 0. The molecule has 0 spiro atoms. The van der Waals surface area contributed by atoms with E-state index in [2.05, 4.69) is 5.32 Å². The van der Waals surface area contributed by atoms with Crippen LogP contribution in [-0.4, -0.2) is 61.1 Å². The maximum atomic E-state index is 13.1. The van der Waals surface area contributed by atoms with Crippen molar-refractivity contribution in [3.05, 3.63) is 59.2 Å². The van der Waals surface area contributed by atoms with Crippen molar-refractivity contribution >= 4 is 11.8 Å². The number of likely N-dealkylation sites (N-methyl/N-ethyl adjacent to an activating group) is 1. The number of nitrogens with one attached hydrogen (secondary N) is 1. The van der Waals surface area contributed by atoms with Gasteiger partial charge in [-0.3, -0.25) is 14.5 Å². The number of hydrogen-bond acceptors (Lipinski definition) is 5. The van der Waals surface area contributed by atoms with E-state index in [1.165, 1.54) is 24.1 Å². The van der Waals surface area contributed by atoms with Gasteiger partial charge in [-0.2, -0.15) is 13.2 Å². The lowest BCUT2D eigenvalue weighted by Gasteiger charge is -2.40. The summed E-state index contributed by atoms with van der Waals surface area (Å²) in [6, 6.07) is 9.03. The summed E-state index contributed by atoms with van der Waals surface area (Å²) < 4.78 is 49.9. The Morgan fingerprint density at radius 3 is 2.62 bits per heavy atom. The first-order valence-electron chi connectivity index (χ1n) is 10.1. The molecule has 1 saturated heterocycles. The highest BCUT2D eigenvalue weighted by Crippen LogP contribution is 2.33. The number of ether oxygens (including phenoxy) is 2. The summed E-state index contributed by atoms with van der Waals surface area (Å²) in [4.78, 5) is 28.9. The molecule has 2 aliphatic heterocycles. The highest BCUT2D eigenvalue weighted by molar-refractivity contribution is 5.98. The predicted molar refractivity (Wildman–Crippen MR) is 108 cm³/mol. The summed E-state index contributed by atoms with van der Waals surface area (Å²) in [5.41, 5.74) is -0.0400. The summed E-state index contributed by atoms with van der Waals surface area (Å²) in [7, 11) is 1.46. The first-order chi connectivity index (χ1) is 15.3. The van der Waals surface area contributed by atoms with E-state index in [0.29, 0.717) is 24.6 Å². The first kappa shape index (κ1) is 21.9. The van der Waals surface area contributed by atoms with E-state index in [4.69, 9.17) is 9.47 Å². The Kier molecular flexibility index (Phi) is 5.96. The lowest BCUT2D eigenvalue weighted by molar-refractivity contribution is -0.137. The number of amides is 2. The molecule has 7 nitrogen and oxygen atoms in total. The summed E-state index contributed by atoms with van der Waals surface area (Å²) in [5, 5.41) is 2.55. The van der Waals surface area contributed by atoms with Gasteiger partial charge in [-0.05, 0) is 35.9 Å². The van der Waals surface area contributed by atoms with Gasteiger partial charge in [0.2, 0.25) is 12.7 Å². The standard InChI is InChI=1S/C22H22F3N3O4/c1-26-20(29)17-12-27(11-14-5-6-18-19(9-14)32-13-31-18)7-8-28(17)21(30)15-3-2-4-16(10-15)22(23,24)25/h2-6,9-10,17H,7-8,11-13H2,1H3,(H,26,29). The van der Waals surface area contributed by atoms with E-state index in [1.54, 1.807) is 0 Å². The minimum Gasteiger partial charge on any atom is -0.454 e. The lowest BCUT2D eigenvalue weighted by Crippen LogP contribution is -2.60. The summed E-state index contributed by atoms with van der Waals surface area (Å²) in [6.45, 7) is 1.62. The van der Waals surface area contributed by atoms with Crippen molar-refractivity contribution in [2.45, 2.75) is 18.8 Å². The van der Waals surface area contributed by atoms with Crippen LogP contribution in [0.3, 0.4) is 0 Å². The van der Waals surface area contributed by atoms with E-state index in [0.717, 1.165) is 17.7 Å². The van der Waals surface area contributed by atoms with Gasteiger partial charge in [-0.15, -0.1) is 0 Å². The fourth-order valence-electron chi connectivity index (χ4n) is 3.91. The topological polar surface area (TPSA) is 71.1 Å². The van der Waals surface area contributed by atoms with Gasteiger partial charge >= 0.3 is 6.18 Å². The Morgan fingerprint density at radius 2 is 1.88 bits per heavy atom. The van der Waals surface area contributed by atoms with Crippen LogP contribution in [0.5, 0.6) is 11.5 Å². The fraction of sp³-hybridized carbons (Fsp3) is 0.364. The predicted octanol–water partition coefficient (Wildman–Crippen LogP) is 2.51. The summed E-state index contributed by atoms with van der Waals surface area (Å²) in [5.74, 6) is 0.352. The van der Waals surface area contributed by atoms with E-state index < -0.39 is 23.7 Å². The zero-order valence-electron chi connectivity index (χ0n) is 17.3. The zero-order valence-corrected chi connectivity index (χ0v) is 17.3. The molecule has 2 aromatic rings. The molecular weight excluding hydrogens is 427 g/mol. The monoisotopic (exact) mass is 449 g/mol. The lowest BCUT2D eigenvalue weighted by atomic mass is 10.1. The number of hydrogen-bond donors (Lipinski definition) is 1. The average molecular weight is 449 g/mol. The number of carbonyl (C=O) groups excluding carboxylic acids is 2. The molecule has 1 fully saturated rings. The molecule has 4 rings (SSSR count). The van der Waals surface area contributed by atoms with Crippen LogP contribution < -0.4 is 14.8 Å². The summed E-state index contributed by atoms with van der Waals surface area (Å²) in [6.07, 6.45) is -4.56. The molecule has 0 aromatic heterocycles. The van der Waals surface area contributed by atoms with Crippen LogP contribution in [0.1, 0.15) is 21.5 Å². The molecule has 2 aromatic carbocycles. The quantitative estimate of drug-likeness (QED) is 0.777. The smallest absolute Gasteiger partial charge is 0.416 e. The highest BCUT2D eigenvalue weighted by Gasteiger charge is 2.37. The largest absolute Gasteiger partial charge is 0.454 e. The number of piperazine rings is 1. The minimum absolute atomic E-state index is 0.0991. The number of rotatable bonds is 4. The van der Waals surface area contributed by atoms with Crippen LogP contribution >= 0.6 is 0 Å². The third kappa shape index (κ3) is 4.50. The highest BCUT2D eigenvalue weighted by atomic mass is 19.4. The minimum atomic E-state index is -4.56. The van der Waals surface area contributed by atoms with Crippen molar-refractivity contribution in [2.24, 2.45) is 0 Å². The average Bonchev–Trinajstić information content (AvgIpc) is 3.25. The second kappa shape index (κ2) is 8.70. The van der Waals surface area contributed by atoms with Gasteiger partial charge in [0, 0.05) is 38.8 Å². The second-order valence-electron chi connectivity index (χ2n) is 7.63. The third-order valence-electron chi connectivity index (χ3n) is 5.55. The second-order valence-corrected chi connectivity index (χ2v) is 7.63. The van der Waals surface area contributed by atoms with Crippen LogP contribution in [0.25, 0.3) is 0 Å². The molecule has 0 aliphatic carbocycles. The van der Waals surface area contributed by atoms with Crippen molar-refractivity contribution in [1.82, 2.24) is 15.1 Å². The van der Waals surface area contributed by atoms with Crippen molar-refractivity contribution in [1.29, 1.82) is 0 Å². The van der Waals surface area contributed by atoms with Crippen LogP contribution in [0.4, 0.5) is 13.2 Å². The van der Waals surface area contributed by atoms with Crippen molar-refractivity contribution in [2.75, 3.05) is 33.5 Å². The molecule has 2 heterocycles. The molecule has 1 atom stereocenters. The Bertz CT molecular complexity index is 1030. The van der Waals surface area contributed by atoms with E-state index >= 15 is 0 Å². The number of fused-ring (bicyclic) bond motifs is 1. The van der Waals surface area contributed by atoms with Gasteiger partial charge in [-0.1, -0.05) is 12.1 Å². The van der Waals surface area contributed by atoms with Gasteiger partial charge in [0.15, 0.2) is 11.5 Å². The number of benzene rings is 2. The van der Waals surface area contributed by atoms with E-state index in [9.17, 15) is 22.8 Å². The molecule has 0 radical (unpaired) electrons. The van der Waals surface area contributed by atoms with Crippen LogP contribution in [0.15, 0.2) is 42.5 Å². The van der Waals surface area contributed by atoms with E-state index in [-0.39, 0.29) is 31.4 Å². The van der Waals surface area contributed by atoms with Gasteiger partial charge in [-0.25, -0.2) is 0 Å². The Labute approximate surface area is 182 Å². The maximum Gasteiger partial charge on any atom is 0.416 e. The molecule has 1 unspecified atom stereocenters. The fourth-order valence-corrected chi connectivity index (χ4v) is 3.91. The van der Waals surface area contributed by atoms with Gasteiger partial charge < -0.3 is 19.7 Å². The molecule has 10 heteroatoms. The van der Waals surface area contributed by atoms with Crippen molar-refractivity contribution in [3.63, 3.8) is 0 Å². The molecule has 1 N–H and O–H groups in total. The Hall–Kier alpha value is -3.27. The van der Waals surface area contributed by atoms with E-state index in [1.807, 2.05) is 23.1 Å². The molecule has 2 amide bonds. The van der Waals surface area contributed by atoms with Crippen molar-refractivity contribution in [3.8, 4) is 11.5 Å². The first-order valence-corrected chi connectivity index (χ1v) is 10.1. The number of carbonyl (C=O) groups is 2. The number of nitrogens with zero attached hydrogens (tertiary/aromatic N) is 2. The van der Waals surface area contributed by atoms with Crippen molar-refractivity contribution < 1.29 is 32.2 Å². The van der Waals surface area contributed by atoms with Gasteiger partial charge in [0.1, 0.15) is 6.04 Å². The molecule has 2 aliphatic rings. The molecule has 32 heavy (non-hydrogen) atoms. The molecule has 0 saturated carbocycles. The molecule has 170 valence electrons. The maximum absolute atomic E-state index is 13.1. The third-order valence-corrected chi connectivity index (χ3v) is 5.55. The zero-order chi connectivity index (χ0) is 22.9. The molecule has 0 bridgehead atoms. The van der Waals surface area contributed by atoms with Crippen LogP contribution in [0.2, 0.25) is 0 Å². The van der Waals surface area contributed by atoms with Gasteiger partial charge in [0.25, 0.3) is 5.91 Å².